The fraction of sp³-hybridized carbons (Fsp3) is 0.0909. The van der Waals surface area contributed by atoms with Gasteiger partial charge in [-0.2, -0.15) is 15.0 Å². The Hall–Kier alpha value is -2.50. The van der Waals surface area contributed by atoms with Crippen LogP contribution in [0.25, 0.3) is 10.9 Å². The van der Waals surface area contributed by atoms with Crippen molar-refractivity contribution in [3.63, 3.8) is 0 Å². The Morgan fingerprint density at radius 2 is 2.18 bits per heavy atom. The van der Waals surface area contributed by atoms with Crippen LogP contribution in [-0.2, 0) is 0 Å². The van der Waals surface area contributed by atoms with E-state index in [1.165, 1.54) is 4.79 Å². The molecule has 1 aromatic carbocycles. The largest absolute Gasteiger partial charge is 0.335 e. The van der Waals surface area contributed by atoms with Crippen molar-refractivity contribution in [2.75, 3.05) is 11.2 Å². The maximum Gasteiger partial charge on any atom is 0.160 e. The van der Waals surface area contributed by atoms with Gasteiger partial charge in [-0.15, -0.1) is 0 Å². The first-order valence-electron chi connectivity index (χ1n) is 5.25. The molecule has 0 unspecified atom stereocenters. The molecule has 3 aromatic rings. The first-order valence-corrected chi connectivity index (χ1v) is 5.25. The predicted octanol–water partition coefficient (Wildman–Crippen LogP) is 1.53. The summed E-state index contributed by atoms with van der Waals surface area (Å²) in [5, 5.41) is 15.5. The van der Waals surface area contributed by atoms with Crippen LogP contribution in [0.15, 0.2) is 30.5 Å². The van der Waals surface area contributed by atoms with E-state index in [9.17, 15) is 0 Å². The first-order chi connectivity index (χ1) is 8.24. The molecule has 86 valence electrons. The van der Waals surface area contributed by atoms with Crippen molar-refractivity contribution in [3.05, 3.63) is 36.2 Å². The van der Waals surface area contributed by atoms with E-state index in [2.05, 4.69) is 20.6 Å². The third-order valence-electron chi connectivity index (χ3n) is 2.64. The normalized spacial score (nSPS) is 10.9. The fourth-order valence-corrected chi connectivity index (χ4v) is 1.79. The maximum atomic E-state index is 5.56. The number of nitrogen functional groups attached to an aromatic ring is 1. The zero-order valence-electron chi connectivity index (χ0n) is 9.31. The summed E-state index contributed by atoms with van der Waals surface area (Å²) in [6.45, 7) is 1.89. The van der Waals surface area contributed by atoms with Crippen molar-refractivity contribution in [1.82, 2.24) is 20.1 Å². The van der Waals surface area contributed by atoms with E-state index in [1.54, 1.807) is 6.20 Å². The third-order valence-corrected chi connectivity index (χ3v) is 2.64. The van der Waals surface area contributed by atoms with Crippen LogP contribution < -0.4 is 11.2 Å². The number of anilines is 2. The molecular formula is C11H12N6. The Morgan fingerprint density at radius 1 is 1.35 bits per heavy atom. The SMILES string of the molecule is Cc1nn(N)cc1Nc1n[nH]c2ccccc12. The van der Waals surface area contributed by atoms with E-state index in [0.717, 1.165) is 28.1 Å². The molecule has 0 amide bonds. The molecule has 2 heterocycles. The minimum Gasteiger partial charge on any atom is -0.335 e. The number of aryl methyl sites for hydroxylation is 1. The summed E-state index contributed by atoms with van der Waals surface area (Å²) in [4.78, 5) is 1.28. The van der Waals surface area contributed by atoms with Gasteiger partial charge in [-0.3, -0.25) is 5.10 Å². The lowest BCUT2D eigenvalue weighted by Crippen LogP contribution is -2.07. The second-order valence-electron chi connectivity index (χ2n) is 3.85. The quantitative estimate of drug-likeness (QED) is 0.581. The summed E-state index contributed by atoms with van der Waals surface area (Å²) in [5.74, 6) is 6.33. The van der Waals surface area contributed by atoms with Gasteiger partial charge >= 0.3 is 0 Å². The van der Waals surface area contributed by atoms with Gasteiger partial charge in [-0.05, 0) is 19.1 Å². The molecule has 0 aliphatic heterocycles. The number of nitrogens with one attached hydrogen (secondary N) is 2. The van der Waals surface area contributed by atoms with Crippen LogP contribution in [0.3, 0.4) is 0 Å². The number of fused-ring (bicyclic) bond motifs is 1. The summed E-state index contributed by atoms with van der Waals surface area (Å²) in [6, 6.07) is 7.92. The Morgan fingerprint density at radius 3 is 2.94 bits per heavy atom. The van der Waals surface area contributed by atoms with Gasteiger partial charge in [0.2, 0.25) is 0 Å². The highest BCUT2D eigenvalue weighted by molar-refractivity contribution is 5.91. The lowest BCUT2D eigenvalue weighted by Gasteiger charge is -2.00. The van der Waals surface area contributed by atoms with Crippen LogP contribution in [0.1, 0.15) is 5.69 Å². The molecular weight excluding hydrogens is 216 g/mol. The van der Waals surface area contributed by atoms with E-state index in [4.69, 9.17) is 5.84 Å². The van der Waals surface area contributed by atoms with Gasteiger partial charge in [0.1, 0.15) is 0 Å². The van der Waals surface area contributed by atoms with Gasteiger partial charge in [-0.1, -0.05) is 12.1 Å². The summed E-state index contributed by atoms with van der Waals surface area (Å²) in [7, 11) is 0. The van der Waals surface area contributed by atoms with Gasteiger partial charge in [0, 0.05) is 5.39 Å². The van der Waals surface area contributed by atoms with Crippen LogP contribution in [0.5, 0.6) is 0 Å². The molecule has 0 spiro atoms. The van der Waals surface area contributed by atoms with Gasteiger partial charge < -0.3 is 11.2 Å². The zero-order chi connectivity index (χ0) is 11.8. The summed E-state index contributed by atoms with van der Waals surface area (Å²) < 4.78 is 0. The zero-order valence-corrected chi connectivity index (χ0v) is 9.31. The molecule has 6 nitrogen and oxygen atoms in total. The number of para-hydroxylation sites is 1. The minimum absolute atomic E-state index is 0.775. The molecule has 2 aromatic heterocycles. The Labute approximate surface area is 97.4 Å². The number of H-pyrrole nitrogens is 1. The number of nitrogens with two attached hydrogens (primary N) is 1. The van der Waals surface area contributed by atoms with E-state index in [1.807, 2.05) is 31.2 Å². The number of aromatic nitrogens is 4. The second kappa shape index (κ2) is 3.51. The number of rotatable bonds is 2. The van der Waals surface area contributed by atoms with E-state index in [0.29, 0.717) is 0 Å². The van der Waals surface area contributed by atoms with Crippen LogP contribution >= 0.6 is 0 Å². The molecule has 0 saturated heterocycles. The predicted molar refractivity (Wildman–Crippen MR) is 66.5 cm³/mol. The van der Waals surface area contributed by atoms with E-state index in [-0.39, 0.29) is 0 Å². The maximum absolute atomic E-state index is 5.56. The molecule has 4 N–H and O–H groups in total. The van der Waals surface area contributed by atoms with Crippen molar-refractivity contribution < 1.29 is 0 Å². The van der Waals surface area contributed by atoms with Crippen molar-refractivity contribution in [2.45, 2.75) is 6.92 Å². The van der Waals surface area contributed by atoms with E-state index < -0.39 is 0 Å². The van der Waals surface area contributed by atoms with Crippen LogP contribution in [-0.4, -0.2) is 20.1 Å². The van der Waals surface area contributed by atoms with Crippen molar-refractivity contribution in [1.29, 1.82) is 0 Å². The molecule has 17 heavy (non-hydrogen) atoms. The van der Waals surface area contributed by atoms with Crippen LogP contribution in [0.2, 0.25) is 0 Å². The van der Waals surface area contributed by atoms with Crippen molar-refractivity contribution >= 4 is 22.4 Å². The highest BCUT2D eigenvalue weighted by Gasteiger charge is 2.08. The van der Waals surface area contributed by atoms with Gasteiger partial charge in [-0.25, -0.2) is 0 Å². The summed E-state index contributed by atoms with van der Waals surface area (Å²) in [6.07, 6.45) is 1.72. The molecule has 0 aliphatic rings. The van der Waals surface area contributed by atoms with E-state index >= 15 is 0 Å². The summed E-state index contributed by atoms with van der Waals surface area (Å²) >= 11 is 0. The smallest absolute Gasteiger partial charge is 0.160 e. The Bertz CT molecular complexity index is 665. The fourth-order valence-electron chi connectivity index (χ4n) is 1.79. The molecule has 0 radical (unpaired) electrons. The molecule has 6 heteroatoms. The third kappa shape index (κ3) is 1.59. The molecule has 0 atom stereocenters. The van der Waals surface area contributed by atoms with Gasteiger partial charge in [0.15, 0.2) is 5.82 Å². The molecule has 0 aliphatic carbocycles. The monoisotopic (exact) mass is 228 g/mol. The first kappa shape index (κ1) is 9.71. The van der Waals surface area contributed by atoms with Gasteiger partial charge in [0.25, 0.3) is 0 Å². The highest BCUT2D eigenvalue weighted by atomic mass is 15.5. The van der Waals surface area contributed by atoms with Crippen molar-refractivity contribution in [2.24, 2.45) is 0 Å². The second-order valence-corrected chi connectivity index (χ2v) is 3.85. The van der Waals surface area contributed by atoms with Crippen molar-refractivity contribution in [3.8, 4) is 0 Å². The minimum atomic E-state index is 0.775. The number of aromatic amines is 1. The standard InChI is InChI=1S/C11H12N6/c1-7-10(6-17(12)16-7)13-11-8-4-2-3-5-9(8)14-15-11/h2-6H,12H2,1H3,(H2,13,14,15). The van der Waals surface area contributed by atoms with Crippen LogP contribution in [0.4, 0.5) is 11.5 Å². The molecule has 0 saturated carbocycles. The van der Waals surface area contributed by atoms with Gasteiger partial charge in [0.05, 0.1) is 23.1 Å². The Kier molecular flexibility index (Phi) is 2.01. The Balaban J connectivity index is 2.03. The average molecular weight is 228 g/mol. The molecule has 0 bridgehead atoms. The molecule has 3 rings (SSSR count). The summed E-state index contributed by atoms with van der Waals surface area (Å²) in [5.41, 5.74) is 2.68. The number of nitrogens with zero attached hydrogens (tertiary/aromatic N) is 3. The number of hydrogen-bond acceptors (Lipinski definition) is 4. The average Bonchev–Trinajstić information content (AvgIpc) is 2.85. The lowest BCUT2D eigenvalue weighted by atomic mass is 10.2. The molecule has 0 fully saturated rings. The lowest BCUT2D eigenvalue weighted by molar-refractivity contribution is 0.817. The number of benzene rings is 1. The highest BCUT2D eigenvalue weighted by Crippen LogP contribution is 2.24. The topological polar surface area (TPSA) is 84.6 Å². The van der Waals surface area contributed by atoms with Crippen LogP contribution in [0, 0.1) is 6.92 Å². The number of hydrogen-bond donors (Lipinski definition) is 3.